The topological polar surface area (TPSA) is 99.6 Å². The van der Waals surface area contributed by atoms with Gasteiger partial charge in [-0.25, -0.2) is 4.90 Å². The molecule has 2 aliphatic heterocycles. The zero-order valence-corrected chi connectivity index (χ0v) is 15.5. The van der Waals surface area contributed by atoms with Crippen molar-refractivity contribution in [3.8, 4) is 0 Å². The molecule has 3 heterocycles. The van der Waals surface area contributed by atoms with E-state index in [1.807, 2.05) is 23.1 Å². The van der Waals surface area contributed by atoms with Gasteiger partial charge in [0.15, 0.2) is 0 Å². The van der Waals surface area contributed by atoms with Crippen molar-refractivity contribution in [3.05, 3.63) is 69.9 Å². The molecule has 0 aliphatic carbocycles. The summed E-state index contributed by atoms with van der Waals surface area (Å²) in [6, 6.07) is 13.2. The van der Waals surface area contributed by atoms with Gasteiger partial charge in [-0.15, -0.1) is 0 Å². The van der Waals surface area contributed by atoms with Gasteiger partial charge in [0.05, 0.1) is 23.1 Å². The minimum absolute atomic E-state index is 0.0804. The Hall–Kier alpha value is -3.52. The van der Waals surface area contributed by atoms with Crippen molar-refractivity contribution in [2.24, 2.45) is 0 Å². The average molecular weight is 390 g/mol. The third-order valence-corrected chi connectivity index (χ3v) is 5.77. The first kappa shape index (κ1) is 17.6. The Bertz CT molecular complexity index is 1170. The highest BCUT2D eigenvalue weighted by atomic mass is 16.6. The normalized spacial score (nSPS) is 19.7. The molecule has 3 aromatic rings. The molecule has 2 aromatic carbocycles. The van der Waals surface area contributed by atoms with Gasteiger partial charge >= 0.3 is 0 Å². The minimum Gasteiger partial charge on any atom is -0.357 e. The van der Waals surface area contributed by atoms with E-state index in [-0.39, 0.29) is 29.6 Å². The van der Waals surface area contributed by atoms with E-state index < -0.39 is 11.0 Å². The summed E-state index contributed by atoms with van der Waals surface area (Å²) in [5, 5.41) is 12.2. The number of benzene rings is 2. The van der Waals surface area contributed by atoms with Gasteiger partial charge in [0.2, 0.25) is 5.91 Å². The highest BCUT2D eigenvalue weighted by molar-refractivity contribution is 6.22. The Morgan fingerprint density at radius 3 is 2.76 bits per heavy atom. The molecular weight excluding hydrogens is 372 g/mol. The number of rotatable bonds is 3. The van der Waals surface area contributed by atoms with Crippen LogP contribution in [0.25, 0.3) is 10.9 Å². The van der Waals surface area contributed by atoms with E-state index in [9.17, 15) is 19.7 Å². The summed E-state index contributed by atoms with van der Waals surface area (Å²) in [4.78, 5) is 42.7. The Balaban J connectivity index is 1.42. The second-order valence-electron chi connectivity index (χ2n) is 7.41. The molecule has 1 fully saturated rings. The number of nitrogens with zero attached hydrogens (tertiary/aromatic N) is 3. The molecule has 1 N–H and O–H groups in total. The number of H-pyrrole nitrogens is 1. The summed E-state index contributed by atoms with van der Waals surface area (Å²) < 4.78 is 0. The molecule has 2 aliphatic rings. The lowest BCUT2D eigenvalue weighted by Crippen LogP contribution is -2.44. The van der Waals surface area contributed by atoms with Crippen LogP contribution in [-0.2, 0) is 22.6 Å². The number of aromatic amines is 1. The molecule has 1 aromatic heterocycles. The predicted octanol–water partition coefficient (Wildman–Crippen LogP) is 2.77. The van der Waals surface area contributed by atoms with Crippen molar-refractivity contribution < 1.29 is 14.5 Å². The third-order valence-electron chi connectivity index (χ3n) is 5.77. The van der Waals surface area contributed by atoms with E-state index >= 15 is 0 Å². The lowest BCUT2D eigenvalue weighted by molar-refractivity contribution is -0.384. The fraction of sp³-hybridized carbons (Fsp3) is 0.238. The molecule has 0 unspecified atom stereocenters. The second kappa shape index (κ2) is 6.52. The Morgan fingerprint density at radius 2 is 1.93 bits per heavy atom. The van der Waals surface area contributed by atoms with E-state index in [2.05, 4.69) is 11.1 Å². The lowest BCUT2D eigenvalue weighted by Gasteiger charge is -2.30. The number of nitro groups is 1. The number of para-hydroxylation sites is 1. The van der Waals surface area contributed by atoms with Crippen LogP contribution < -0.4 is 4.90 Å². The zero-order valence-electron chi connectivity index (χ0n) is 15.5. The van der Waals surface area contributed by atoms with Crippen molar-refractivity contribution in [2.75, 3.05) is 11.4 Å². The quantitative estimate of drug-likeness (QED) is 0.421. The SMILES string of the molecule is O=C1C[C@@H](N2CCc3c([nH]c4ccccc34)C2)C(=O)N1c1cccc([N+](=O)[O-])c1. The van der Waals surface area contributed by atoms with Gasteiger partial charge in [-0.1, -0.05) is 24.3 Å². The largest absolute Gasteiger partial charge is 0.357 e. The molecule has 0 radical (unpaired) electrons. The first-order valence-corrected chi connectivity index (χ1v) is 9.46. The number of nitrogens with one attached hydrogen (secondary N) is 1. The van der Waals surface area contributed by atoms with Crippen LogP contribution >= 0.6 is 0 Å². The van der Waals surface area contributed by atoms with Gasteiger partial charge in [0.25, 0.3) is 11.6 Å². The number of carbonyl (C=O) groups excluding carboxylic acids is 2. The van der Waals surface area contributed by atoms with Crippen molar-refractivity contribution >= 4 is 34.1 Å². The number of non-ortho nitro benzene ring substituents is 1. The van der Waals surface area contributed by atoms with Gasteiger partial charge in [-0.3, -0.25) is 24.6 Å². The van der Waals surface area contributed by atoms with Crippen LogP contribution in [0.3, 0.4) is 0 Å². The number of amides is 2. The van der Waals surface area contributed by atoms with Crippen molar-refractivity contribution in [3.63, 3.8) is 0 Å². The highest BCUT2D eigenvalue weighted by Crippen LogP contribution is 2.32. The van der Waals surface area contributed by atoms with E-state index in [0.29, 0.717) is 13.1 Å². The van der Waals surface area contributed by atoms with Crippen molar-refractivity contribution in [1.29, 1.82) is 0 Å². The maximum absolute atomic E-state index is 13.1. The molecule has 1 saturated heterocycles. The predicted molar refractivity (Wildman–Crippen MR) is 106 cm³/mol. The molecule has 1 atom stereocenters. The van der Waals surface area contributed by atoms with Crippen LogP contribution in [0, 0.1) is 10.1 Å². The molecule has 29 heavy (non-hydrogen) atoms. The number of carbonyl (C=O) groups is 2. The summed E-state index contributed by atoms with van der Waals surface area (Å²) in [6.45, 7) is 1.25. The summed E-state index contributed by atoms with van der Waals surface area (Å²) in [6.07, 6.45) is 0.880. The zero-order chi connectivity index (χ0) is 20.1. The Labute approximate surface area is 165 Å². The molecule has 5 rings (SSSR count). The van der Waals surface area contributed by atoms with Crippen molar-refractivity contribution in [2.45, 2.75) is 25.4 Å². The fourth-order valence-corrected chi connectivity index (χ4v) is 4.40. The van der Waals surface area contributed by atoms with Crippen LogP contribution in [-0.4, -0.2) is 39.2 Å². The fourth-order valence-electron chi connectivity index (χ4n) is 4.40. The molecular formula is C21H18N4O4. The number of fused-ring (bicyclic) bond motifs is 3. The minimum atomic E-state index is -0.554. The number of imide groups is 1. The summed E-state index contributed by atoms with van der Waals surface area (Å²) in [7, 11) is 0. The van der Waals surface area contributed by atoms with Gasteiger partial charge in [-0.05, 0) is 24.1 Å². The maximum atomic E-state index is 13.1. The number of aromatic nitrogens is 1. The third kappa shape index (κ3) is 2.80. The molecule has 0 bridgehead atoms. The standard InChI is InChI=1S/C21H18N4O4/c26-20-11-19(21(27)24(20)13-4-3-5-14(10-13)25(28)29)23-9-8-16-15-6-1-2-7-17(15)22-18(16)12-23/h1-7,10,19,22H,8-9,11-12H2/t19-/m1/s1. The smallest absolute Gasteiger partial charge is 0.271 e. The van der Waals surface area contributed by atoms with Gasteiger partial charge < -0.3 is 4.98 Å². The van der Waals surface area contributed by atoms with Gasteiger partial charge in [-0.2, -0.15) is 0 Å². The summed E-state index contributed by atoms with van der Waals surface area (Å²) in [5.74, 6) is -0.655. The van der Waals surface area contributed by atoms with Crippen LogP contribution in [0.1, 0.15) is 17.7 Å². The average Bonchev–Trinajstić information content (AvgIpc) is 3.24. The van der Waals surface area contributed by atoms with Crippen LogP contribution in [0.4, 0.5) is 11.4 Å². The second-order valence-corrected chi connectivity index (χ2v) is 7.41. The molecule has 8 heteroatoms. The number of nitro benzene ring substituents is 1. The monoisotopic (exact) mass is 390 g/mol. The van der Waals surface area contributed by atoms with Gasteiger partial charge in [0, 0.05) is 41.8 Å². The molecule has 146 valence electrons. The van der Waals surface area contributed by atoms with E-state index in [4.69, 9.17) is 0 Å². The highest BCUT2D eigenvalue weighted by Gasteiger charge is 2.44. The Kier molecular flexibility index (Phi) is 3.95. The Morgan fingerprint density at radius 1 is 1.10 bits per heavy atom. The lowest BCUT2D eigenvalue weighted by atomic mass is 10.0. The molecule has 2 amide bonds. The number of anilines is 1. The van der Waals surface area contributed by atoms with Crippen molar-refractivity contribution in [1.82, 2.24) is 9.88 Å². The van der Waals surface area contributed by atoms with E-state index in [0.717, 1.165) is 22.5 Å². The summed E-state index contributed by atoms with van der Waals surface area (Å²) >= 11 is 0. The number of hydrogen-bond donors (Lipinski definition) is 1. The van der Waals surface area contributed by atoms with Crippen LogP contribution in [0.5, 0.6) is 0 Å². The molecule has 0 saturated carbocycles. The van der Waals surface area contributed by atoms with Gasteiger partial charge in [0.1, 0.15) is 0 Å². The first-order chi connectivity index (χ1) is 14.0. The maximum Gasteiger partial charge on any atom is 0.271 e. The molecule has 8 nitrogen and oxygen atoms in total. The van der Waals surface area contributed by atoms with Crippen LogP contribution in [0.2, 0.25) is 0 Å². The van der Waals surface area contributed by atoms with E-state index in [1.54, 1.807) is 6.07 Å². The molecule has 0 spiro atoms. The summed E-state index contributed by atoms with van der Waals surface area (Å²) in [5.41, 5.74) is 3.52. The van der Waals surface area contributed by atoms with E-state index in [1.165, 1.54) is 29.1 Å². The first-order valence-electron chi connectivity index (χ1n) is 9.46. The number of hydrogen-bond acceptors (Lipinski definition) is 5. The van der Waals surface area contributed by atoms with Crippen LogP contribution in [0.15, 0.2) is 48.5 Å².